The van der Waals surface area contributed by atoms with Crippen molar-refractivity contribution in [3.63, 3.8) is 0 Å². The van der Waals surface area contributed by atoms with Gasteiger partial charge in [-0.25, -0.2) is 13.2 Å². The Morgan fingerprint density at radius 2 is 1.62 bits per heavy atom. The van der Waals surface area contributed by atoms with Crippen LogP contribution in [0.1, 0.15) is 60.7 Å². The predicted molar refractivity (Wildman–Crippen MR) is 187 cm³/mol. The number of rotatable bonds is 13. The lowest BCUT2D eigenvalue weighted by molar-refractivity contribution is -0.139. The third-order valence-corrected chi connectivity index (χ3v) is 7.87. The van der Waals surface area contributed by atoms with Crippen LogP contribution in [0.25, 0.3) is 16.9 Å². The van der Waals surface area contributed by atoms with Gasteiger partial charge in [-0.3, -0.25) is 4.79 Å². The number of carbonyl (C=O) groups excluding carboxylic acids is 1. The topological polar surface area (TPSA) is 128 Å². The first-order valence-corrected chi connectivity index (χ1v) is 17.7. The van der Waals surface area contributed by atoms with Gasteiger partial charge in [-0.2, -0.15) is 0 Å². The number of ether oxygens (including phenoxy) is 3. The van der Waals surface area contributed by atoms with Crippen molar-refractivity contribution >= 4 is 27.5 Å². The third-order valence-electron chi connectivity index (χ3n) is 6.89. The van der Waals surface area contributed by atoms with Gasteiger partial charge in [0, 0.05) is 31.1 Å². The molecule has 2 N–H and O–H groups in total. The zero-order valence-electron chi connectivity index (χ0n) is 28.1. The van der Waals surface area contributed by atoms with Crippen molar-refractivity contribution < 1.29 is 37.3 Å². The van der Waals surface area contributed by atoms with Crippen LogP contribution in [0.15, 0.2) is 90.7 Å². The lowest BCUT2D eigenvalue weighted by Crippen LogP contribution is -2.42. The first-order valence-electron chi connectivity index (χ1n) is 15.6. The number of nitrogens with one attached hydrogen (secondary N) is 1. The van der Waals surface area contributed by atoms with Crippen molar-refractivity contribution in [2.24, 2.45) is 0 Å². The van der Waals surface area contributed by atoms with Crippen LogP contribution in [0.5, 0.6) is 0 Å². The normalized spacial score (nSPS) is 12.9. The van der Waals surface area contributed by atoms with Crippen molar-refractivity contribution in [2.45, 2.75) is 53.2 Å². The summed E-state index contributed by atoms with van der Waals surface area (Å²) in [6, 6.07) is 21.3. The molecule has 10 heteroatoms. The standard InChI is InChI=1S/C32H33NO7S.C3H8O.C2H6/c1-22-9-6-7-13-26(22)28-19-23(15-16-27(28)31(34)33-29(32(35)36)17-18-41(2,37)38)20-39-21-25-12-8-14-30(40-25)24-10-4-3-5-11-24;1-3-4-2;1-2/h3-7,9-16,19,29H,8,17-18,20-21H2,1-2H3,(H,33,34)(H,35,36);3H2,1-2H3;1-2H3. The van der Waals surface area contributed by atoms with E-state index in [1.165, 1.54) is 0 Å². The lowest BCUT2D eigenvalue weighted by Gasteiger charge is -2.19. The number of aliphatic carboxylic acids is 1. The minimum atomic E-state index is -3.39. The largest absolute Gasteiger partial charge is 0.480 e. The molecule has 0 saturated carbocycles. The van der Waals surface area contributed by atoms with Crippen LogP contribution in [0.3, 0.4) is 0 Å². The summed E-state index contributed by atoms with van der Waals surface area (Å²) in [5.41, 5.74) is 4.48. The summed E-state index contributed by atoms with van der Waals surface area (Å²) in [5, 5.41) is 12.1. The number of hydrogen-bond donors (Lipinski definition) is 2. The summed E-state index contributed by atoms with van der Waals surface area (Å²) in [5.74, 6) is -0.740. The highest BCUT2D eigenvalue weighted by Gasteiger charge is 2.24. The summed E-state index contributed by atoms with van der Waals surface area (Å²) in [7, 11) is -1.71. The average molecular weight is 666 g/mol. The number of benzene rings is 3. The van der Waals surface area contributed by atoms with E-state index < -0.39 is 27.8 Å². The van der Waals surface area contributed by atoms with Gasteiger partial charge in [-0.05, 0) is 73.2 Å². The molecule has 1 aliphatic rings. The van der Waals surface area contributed by atoms with Gasteiger partial charge in [-0.15, -0.1) is 0 Å². The number of hydrogen-bond acceptors (Lipinski definition) is 7. The van der Waals surface area contributed by atoms with Gasteiger partial charge in [0.15, 0.2) is 0 Å². The molecule has 0 radical (unpaired) electrons. The molecular formula is C37H47NO8S. The van der Waals surface area contributed by atoms with Gasteiger partial charge >= 0.3 is 5.97 Å². The zero-order chi connectivity index (χ0) is 34.8. The second-order valence-electron chi connectivity index (χ2n) is 10.5. The maximum absolute atomic E-state index is 13.3. The molecule has 0 spiro atoms. The molecule has 254 valence electrons. The van der Waals surface area contributed by atoms with Crippen molar-refractivity contribution in [3.8, 4) is 11.1 Å². The third kappa shape index (κ3) is 13.2. The molecule has 0 aromatic heterocycles. The van der Waals surface area contributed by atoms with E-state index in [2.05, 4.69) is 10.1 Å². The van der Waals surface area contributed by atoms with Crippen molar-refractivity contribution in [1.82, 2.24) is 5.32 Å². The number of aryl methyl sites for hydroxylation is 1. The monoisotopic (exact) mass is 665 g/mol. The molecule has 1 atom stereocenters. The molecule has 4 rings (SSSR count). The molecule has 3 aromatic rings. The number of amides is 1. The van der Waals surface area contributed by atoms with E-state index in [1.807, 2.05) is 101 Å². The summed E-state index contributed by atoms with van der Waals surface area (Å²) < 4.78 is 39.7. The van der Waals surface area contributed by atoms with Crippen LogP contribution in [0.4, 0.5) is 0 Å². The maximum Gasteiger partial charge on any atom is 0.326 e. The van der Waals surface area contributed by atoms with Crippen LogP contribution < -0.4 is 5.32 Å². The van der Waals surface area contributed by atoms with E-state index >= 15 is 0 Å². The van der Waals surface area contributed by atoms with Gasteiger partial charge in [0.2, 0.25) is 0 Å². The highest BCUT2D eigenvalue weighted by Crippen LogP contribution is 2.29. The molecule has 0 bridgehead atoms. The number of carboxylic acids is 1. The van der Waals surface area contributed by atoms with E-state index in [-0.39, 0.29) is 31.0 Å². The zero-order valence-corrected chi connectivity index (χ0v) is 28.9. The van der Waals surface area contributed by atoms with E-state index in [4.69, 9.17) is 9.47 Å². The minimum Gasteiger partial charge on any atom is -0.480 e. The molecule has 0 saturated heterocycles. The smallest absolute Gasteiger partial charge is 0.326 e. The maximum atomic E-state index is 13.3. The van der Waals surface area contributed by atoms with Gasteiger partial charge in [0.05, 0.1) is 12.4 Å². The highest BCUT2D eigenvalue weighted by atomic mass is 32.2. The summed E-state index contributed by atoms with van der Waals surface area (Å²) >= 11 is 0. The molecular weight excluding hydrogens is 618 g/mol. The molecule has 1 heterocycles. The second-order valence-corrected chi connectivity index (χ2v) is 12.8. The van der Waals surface area contributed by atoms with E-state index in [0.29, 0.717) is 5.56 Å². The Balaban J connectivity index is 0.00000119. The van der Waals surface area contributed by atoms with Gasteiger partial charge in [0.25, 0.3) is 5.91 Å². The number of allylic oxidation sites excluding steroid dienone is 2. The quantitative estimate of drug-likeness (QED) is 0.204. The first kappa shape index (κ1) is 38.9. The first-order chi connectivity index (χ1) is 22.5. The van der Waals surface area contributed by atoms with Crippen LogP contribution in [0, 0.1) is 6.92 Å². The molecule has 1 unspecified atom stereocenters. The lowest BCUT2D eigenvalue weighted by atomic mass is 9.93. The fourth-order valence-corrected chi connectivity index (χ4v) is 5.13. The Bertz CT molecular complexity index is 1610. The van der Waals surface area contributed by atoms with E-state index in [0.717, 1.165) is 53.1 Å². The Hall–Kier alpha value is -4.25. The number of methoxy groups -OCH3 is 1. The summed E-state index contributed by atoms with van der Waals surface area (Å²) in [6.45, 7) is 9.24. The molecule has 0 aliphatic carbocycles. The molecule has 1 aliphatic heterocycles. The highest BCUT2D eigenvalue weighted by molar-refractivity contribution is 7.90. The average Bonchev–Trinajstić information content (AvgIpc) is 3.07. The molecule has 9 nitrogen and oxygen atoms in total. The minimum absolute atomic E-state index is 0.232. The summed E-state index contributed by atoms with van der Waals surface area (Å²) in [6.07, 6.45) is 5.53. The Kier molecular flexibility index (Phi) is 16.6. The molecule has 3 aromatic carbocycles. The number of sulfone groups is 1. The van der Waals surface area contributed by atoms with Crippen LogP contribution in [-0.2, 0) is 35.4 Å². The van der Waals surface area contributed by atoms with E-state index in [1.54, 1.807) is 19.2 Å². The fraction of sp³-hybridized carbons (Fsp3) is 0.351. The SMILES string of the molecule is CC.CCOC.Cc1ccccc1-c1cc(COCC2=CCC=C(c3ccccc3)O2)ccc1C(=O)NC(CCS(C)(=O)=O)C(=O)O. The Morgan fingerprint density at radius 1 is 0.957 bits per heavy atom. The van der Waals surface area contributed by atoms with Crippen LogP contribution >= 0.6 is 0 Å². The van der Waals surface area contributed by atoms with Gasteiger partial charge in [0.1, 0.15) is 34.0 Å². The molecule has 1 amide bonds. The predicted octanol–water partition coefficient (Wildman–Crippen LogP) is 6.82. The van der Waals surface area contributed by atoms with Crippen LogP contribution in [0.2, 0.25) is 0 Å². The van der Waals surface area contributed by atoms with Gasteiger partial charge in [-0.1, -0.05) is 74.5 Å². The fourth-order valence-electron chi connectivity index (χ4n) is 4.46. The second kappa shape index (κ2) is 20.1. The number of carbonyl (C=O) groups is 2. The molecule has 47 heavy (non-hydrogen) atoms. The number of carboxylic acid groups (broad SMARTS) is 1. The van der Waals surface area contributed by atoms with Crippen LogP contribution in [-0.4, -0.2) is 63.8 Å². The Morgan fingerprint density at radius 3 is 2.23 bits per heavy atom. The van der Waals surface area contributed by atoms with E-state index in [9.17, 15) is 23.1 Å². The van der Waals surface area contributed by atoms with Crippen molar-refractivity contribution in [1.29, 1.82) is 0 Å². The Labute approximate surface area is 279 Å². The van der Waals surface area contributed by atoms with Gasteiger partial charge < -0.3 is 24.6 Å². The van der Waals surface area contributed by atoms with Crippen molar-refractivity contribution in [3.05, 3.63) is 113 Å². The molecule has 0 fully saturated rings. The van der Waals surface area contributed by atoms with Crippen molar-refractivity contribution in [2.75, 3.05) is 32.3 Å². The summed E-state index contributed by atoms with van der Waals surface area (Å²) in [4.78, 5) is 25.0.